The Morgan fingerprint density at radius 3 is 2.50 bits per heavy atom. The van der Waals surface area contributed by atoms with Gasteiger partial charge >= 0.3 is 0 Å². The zero-order valence-corrected chi connectivity index (χ0v) is 13.3. The van der Waals surface area contributed by atoms with E-state index in [0.717, 1.165) is 15.1 Å². The van der Waals surface area contributed by atoms with E-state index in [-0.39, 0.29) is 0 Å². The fourth-order valence-electron chi connectivity index (χ4n) is 1.72. The van der Waals surface area contributed by atoms with Crippen molar-refractivity contribution in [1.29, 1.82) is 0 Å². The Hall–Kier alpha value is -0.290. The Kier molecular flexibility index (Phi) is 5.30. The van der Waals surface area contributed by atoms with Crippen LogP contribution in [0, 0.1) is 0 Å². The minimum absolute atomic E-state index is 0.420. The van der Waals surface area contributed by atoms with Crippen molar-refractivity contribution in [2.45, 2.75) is 24.3 Å². The zero-order chi connectivity index (χ0) is 13.0. The molecule has 0 radical (unpaired) electrons. The van der Waals surface area contributed by atoms with Gasteiger partial charge in [0.2, 0.25) is 0 Å². The van der Waals surface area contributed by atoms with Gasteiger partial charge in [0.1, 0.15) is 0 Å². The summed E-state index contributed by atoms with van der Waals surface area (Å²) in [4.78, 5) is 2.45. The van der Waals surface area contributed by atoms with Crippen LogP contribution in [-0.4, -0.2) is 10.9 Å². The van der Waals surface area contributed by atoms with Crippen LogP contribution in [0.3, 0.4) is 0 Å². The summed E-state index contributed by atoms with van der Waals surface area (Å²) in [5, 5.41) is 10.2. The first kappa shape index (κ1) is 14.1. The number of hydrogen-bond acceptors (Lipinski definition) is 3. The van der Waals surface area contributed by atoms with Crippen LogP contribution in [-0.2, 0) is 6.42 Å². The fourth-order valence-corrected chi connectivity index (χ4v) is 3.90. The molecule has 0 fully saturated rings. The molecule has 0 aliphatic rings. The van der Waals surface area contributed by atoms with Crippen LogP contribution in [0.4, 0.5) is 0 Å². The minimum Gasteiger partial charge on any atom is -0.388 e. The van der Waals surface area contributed by atoms with E-state index in [1.807, 2.05) is 30.0 Å². The Morgan fingerprint density at radius 1 is 1.22 bits per heavy atom. The van der Waals surface area contributed by atoms with Crippen LogP contribution in [0.25, 0.3) is 0 Å². The fraction of sp³-hybridized carbons (Fsp3) is 0.286. The van der Waals surface area contributed by atoms with E-state index in [2.05, 4.69) is 41.1 Å². The summed E-state index contributed by atoms with van der Waals surface area (Å²) in [7, 11) is 0. The Balaban J connectivity index is 2.02. The third-order valence-electron chi connectivity index (χ3n) is 2.60. The SMILES string of the molecule is CCSc1ccc(C(O)Cc2ccc(Br)s2)cc1. The van der Waals surface area contributed by atoms with E-state index in [9.17, 15) is 5.11 Å². The highest BCUT2D eigenvalue weighted by Crippen LogP contribution is 2.27. The summed E-state index contributed by atoms with van der Waals surface area (Å²) in [6.45, 7) is 2.14. The van der Waals surface area contributed by atoms with Crippen molar-refractivity contribution in [3.05, 3.63) is 50.6 Å². The first-order valence-electron chi connectivity index (χ1n) is 5.84. The van der Waals surface area contributed by atoms with Gasteiger partial charge in [-0.25, -0.2) is 0 Å². The molecule has 0 bridgehead atoms. The van der Waals surface area contributed by atoms with Gasteiger partial charge in [-0.15, -0.1) is 23.1 Å². The molecule has 2 rings (SSSR count). The van der Waals surface area contributed by atoms with Crippen LogP contribution in [0.5, 0.6) is 0 Å². The molecule has 0 aliphatic heterocycles. The van der Waals surface area contributed by atoms with Gasteiger partial charge < -0.3 is 5.11 Å². The molecule has 1 nitrogen and oxygen atoms in total. The molecular weight excluding hydrogens is 328 g/mol. The molecule has 1 aromatic heterocycles. The van der Waals surface area contributed by atoms with Gasteiger partial charge in [-0.1, -0.05) is 19.1 Å². The molecule has 96 valence electrons. The standard InChI is InChI=1S/C14H15BrOS2/c1-2-17-11-5-3-10(4-6-11)13(16)9-12-7-8-14(15)18-12/h3-8,13,16H,2,9H2,1H3. The van der Waals surface area contributed by atoms with Crippen molar-refractivity contribution in [3.8, 4) is 0 Å². The highest BCUT2D eigenvalue weighted by molar-refractivity contribution is 9.11. The summed E-state index contributed by atoms with van der Waals surface area (Å²) < 4.78 is 1.11. The molecule has 0 saturated carbocycles. The topological polar surface area (TPSA) is 20.2 Å². The molecule has 1 aromatic carbocycles. The summed E-state index contributed by atoms with van der Waals surface area (Å²) in [5.74, 6) is 1.07. The molecule has 1 unspecified atom stereocenters. The quantitative estimate of drug-likeness (QED) is 0.780. The van der Waals surface area contributed by atoms with Crippen LogP contribution < -0.4 is 0 Å². The summed E-state index contributed by atoms with van der Waals surface area (Å²) in [5.41, 5.74) is 0.986. The molecule has 2 aromatic rings. The maximum atomic E-state index is 10.2. The number of aliphatic hydroxyl groups excluding tert-OH is 1. The molecule has 0 amide bonds. The van der Waals surface area contributed by atoms with Crippen molar-refractivity contribution in [3.63, 3.8) is 0 Å². The number of aliphatic hydroxyl groups is 1. The molecule has 1 heterocycles. The van der Waals surface area contributed by atoms with E-state index >= 15 is 0 Å². The number of halogens is 1. The smallest absolute Gasteiger partial charge is 0.0838 e. The van der Waals surface area contributed by atoms with Gasteiger partial charge in [-0.2, -0.15) is 0 Å². The van der Waals surface area contributed by atoms with Crippen LogP contribution in [0.2, 0.25) is 0 Å². The molecule has 4 heteroatoms. The van der Waals surface area contributed by atoms with Crippen LogP contribution >= 0.6 is 39.0 Å². The van der Waals surface area contributed by atoms with Gasteiger partial charge in [0, 0.05) is 16.2 Å². The van der Waals surface area contributed by atoms with Crippen molar-refractivity contribution in [2.24, 2.45) is 0 Å². The van der Waals surface area contributed by atoms with Gasteiger partial charge in [0.25, 0.3) is 0 Å². The molecule has 0 spiro atoms. The lowest BCUT2D eigenvalue weighted by molar-refractivity contribution is 0.179. The third kappa shape index (κ3) is 3.85. The lowest BCUT2D eigenvalue weighted by atomic mass is 10.1. The Labute approximate surface area is 124 Å². The van der Waals surface area contributed by atoms with E-state index in [0.29, 0.717) is 6.42 Å². The molecule has 1 atom stereocenters. The Bertz CT molecular complexity index is 493. The maximum absolute atomic E-state index is 10.2. The summed E-state index contributed by atoms with van der Waals surface area (Å²) in [6.07, 6.45) is 0.257. The van der Waals surface area contributed by atoms with Crippen LogP contribution in [0.1, 0.15) is 23.5 Å². The van der Waals surface area contributed by atoms with Crippen molar-refractivity contribution >= 4 is 39.0 Å². The monoisotopic (exact) mass is 342 g/mol. The average Bonchev–Trinajstić information content (AvgIpc) is 2.76. The normalized spacial score (nSPS) is 12.6. The number of thioether (sulfide) groups is 1. The molecule has 0 saturated heterocycles. The first-order chi connectivity index (χ1) is 8.69. The first-order valence-corrected chi connectivity index (χ1v) is 8.43. The minimum atomic E-state index is -0.420. The van der Waals surface area contributed by atoms with E-state index in [1.54, 1.807) is 11.3 Å². The lowest BCUT2D eigenvalue weighted by Gasteiger charge is -2.10. The average molecular weight is 343 g/mol. The maximum Gasteiger partial charge on any atom is 0.0838 e. The Morgan fingerprint density at radius 2 is 1.94 bits per heavy atom. The van der Waals surface area contributed by atoms with E-state index in [1.165, 1.54) is 9.77 Å². The van der Waals surface area contributed by atoms with Gasteiger partial charge in [0.15, 0.2) is 0 Å². The third-order valence-corrected chi connectivity index (χ3v) is 5.14. The molecular formula is C14H15BrOS2. The molecule has 18 heavy (non-hydrogen) atoms. The van der Waals surface area contributed by atoms with Crippen molar-refractivity contribution in [1.82, 2.24) is 0 Å². The highest BCUT2D eigenvalue weighted by Gasteiger charge is 2.10. The zero-order valence-electron chi connectivity index (χ0n) is 10.1. The predicted octanol–water partition coefficient (Wildman–Crippen LogP) is 4.90. The number of hydrogen-bond donors (Lipinski definition) is 1. The predicted molar refractivity (Wildman–Crippen MR) is 83.5 cm³/mol. The number of thiophene rings is 1. The van der Waals surface area contributed by atoms with Crippen LogP contribution in [0.15, 0.2) is 45.1 Å². The van der Waals surface area contributed by atoms with Gasteiger partial charge in [0.05, 0.1) is 9.89 Å². The summed E-state index contributed by atoms with van der Waals surface area (Å²) in [6, 6.07) is 12.3. The van der Waals surface area contributed by atoms with E-state index < -0.39 is 6.10 Å². The second-order valence-corrected chi connectivity index (χ2v) is 7.81. The van der Waals surface area contributed by atoms with Crippen molar-refractivity contribution < 1.29 is 5.11 Å². The van der Waals surface area contributed by atoms with Gasteiger partial charge in [-0.05, 0) is 51.5 Å². The second kappa shape index (κ2) is 6.75. The number of benzene rings is 1. The lowest BCUT2D eigenvalue weighted by Crippen LogP contribution is -2.00. The van der Waals surface area contributed by atoms with Gasteiger partial charge in [-0.3, -0.25) is 0 Å². The van der Waals surface area contributed by atoms with Crippen molar-refractivity contribution in [2.75, 3.05) is 5.75 Å². The second-order valence-electron chi connectivity index (χ2n) is 3.93. The largest absolute Gasteiger partial charge is 0.388 e. The number of rotatable bonds is 5. The highest BCUT2D eigenvalue weighted by atomic mass is 79.9. The van der Waals surface area contributed by atoms with E-state index in [4.69, 9.17) is 0 Å². The molecule has 0 aliphatic carbocycles. The molecule has 1 N–H and O–H groups in total. The summed E-state index contributed by atoms with van der Waals surface area (Å²) >= 11 is 6.93.